The Morgan fingerprint density at radius 3 is 2.90 bits per heavy atom. The van der Waals surface area contributed by atoms with Gasteiger partial charge in [0.2, 0.25) is 0 Å². The number of furan rings is 1. The number of carbonyl (C=O) groups is 1. The first-order valence-electron chi connectivity index (χ1n) is 6.63. The maximum Gasteiger partial charge on any atom is 0.137 e. The van der Waals surface area contributed by atoms with E-state index >= 15 is 0 Å². The van der Waals surface area contributed by atoms with Crippen LogP contribution in [0.15, 0.2) is 27.3 Å². The molecule has 3 atom stereocenters. The molecule has 106 valence electrons. The maximum absolute atomic E-state index is 12.1. The number of rotatable bonds is 2. The predicted molar refractivity (Wildman–Crippen MR) is 70.3 cm³/mol. The third kappa shape index (κ3) is 1.81. The molecule has 20 heavy (non-hydrogen) atoms. The average Bonchev–Trinajstić information content (AvgIpc) is 2.96. The molecule has 0 radical (unpaired) electrons. The van der Waals surface area contributed by atoms with Crippen LogP contribution in [0.5, 0.6) is 0 Å². The summed E-state index contributed by atoms with van der Waals surface area (Å²) in [7, 11) is 0. The molecule has 1 N–H and O–H groups in total. The number of fused-ring (bicyclic) bond motifs is 1. The first-order valence-corrected chi connectivity index (χ1v) is 6.63. The molecule has 0 saturated carbocycles. The van der Waals surface area contributed by atoms with Gasteiger partial charge in [0, 0.05) is 12.0 Å². The number of ketones is 1. The molecule has 1 aliphatic rings. The minimum Gasteiger partial charge on any atom is -0.469 e. The SMILES string of the molecule is CC(=O)[C@H]1[C@H](c2ccco2)c2c(noc2C)C[C@@]1(C)O. The molecule has 0 spiro atoms. The van der Waals surface area contributed by atoms with Gasteiger partial charge in [0.15, 0.2) is 0 Å². The van der Waals surface area contributed by atoms with Crippen molar-refractivity contribution in [1.29, 1.82) is 0 Å². The van der Waals surface area contributed by atoms with Crippen LogP contribution in [-0.2, 0) is 11.2 Å². The quantitative estimate of drug-likeness (QED) is 0.909. The molecule has 0 bridgehead atoms. The first kappa shape index (κ1) is 13.1. The summed E-state index contributed by atoms with van der Waals surface area (Å²) in [5.74, 6) is 0.329. The van der Waals surface area contributed by atoms with Gasteiger partial charge in [0.25, 0.3) is 0 Å². The minimum absolute atomic E-state index is 0.0670. The zero-order valence-electron chi connectivity index (χ0n) is 11.7. The summed E-state index contributed by atoms with van der Waals surface area (Å²) in [6.45, 7) is 4.99. The standard InChI is InChI=1S/C15H17NO4/c1-8(17)14-13(11-5-4-6-19-11)12-9(2)20-16-10(12)7-15(14,3)18/h4-6,13-14,18H,7H2,1-3H3/t13-,14+,15-/m1/s1. The van der Waals surface area contributed by atoms with Gasteiger partial charge in [-0.3, -0.25) is 4.79 Å². The molecule has 0 saturated heterocycles. The molecule has 0 amide bonds. The van der Waals surface area contributed by atoms with Crippen LogP contribution in [-0.4, -0.2) is 21.6 Å². The fourth-order valence-electron chi connectivity index (χ4n) is 3.37. The Kier molecular flexibility index (Phi) is 2.83. The molecular formula is C15H17NO4. The third-order valence-electron chi connectivity index (χ3n) is 4.11. The van der Waals surface area contributed by atoms with Crippen LogP contribution in [0.25, 0.3) is 0 Å². The second-order valence-corrected chi connectivity index (χ2v) is 5.71. The molecule has 0 aliphatic heterocycles. The summed E-state index contributed by atoms with van der Waals surface area (Å²) >= 11 is 0. The zero-order valence-corrected chi connectivity index (χ0v) is 11.7. The number of aromatic nitrogens is 1. The summed E-state index contributed by atoms with van der Waals surface area (Å²) in [6, 6.07) is 3.59. The van der Waals surface area contributed by atoms with Crippen LogP contribution >= 0.6 is 0 Å². The number of hydrogen-bond donors (Lipinski definition) is 1. The molecule has 3 rings (SSSR count). The smallest absolute Gasteiger partial charge is 0.137 e. The zero-order chi connectivity index (χ0) is 14.5. The van der Waals surface area contributed by atoms with Gasteiger partial charge in [0.05, 0.1) is 29.4 Å². The van der Waals surface area contributed by atoms with E-state index in [-0.39, 0.29) is 11.7 Å². The van der Waals surface area contributed by atoms with Crippen LogP contribution in [0.3, 0.4) is 0 Å². The number of aryl methyl sites for hydroxylation is 1. The van der Waals surface area contributed by atoms with Crippen molar-refractivity contribution < 1.29 is 18.8 Å². The van der Waals surface area contributed by atoms with Crippen molar-refractivity contribution in [3.8, 4) is 0 Å². The van der Waals surface area contributed by atoms with Crippen LogP contribution in [0.2, 0.25) is 0 Å². The van der Waals surface area contributed by atoms with Gasteiger partial charge in [-0.15, -0.1) is 0 Å². The van der Waals surface area contributed by atoms with E-state index < -0.39 is 11.5 Å². The Bertz CT molecular complexity index is 639. The summed E-state index contributed by atoms with van der Waals surface area (Å²) in [6.07, 6.45) is 1.87. The highest BCUT2D eigenvalue weighted by Gasteiger charge is 2.50. The van der Waals surface area contributed by atoms with Crippen LogP contribution in [0.1, 0.15) is 42.5 Å². The molecule has 0 unspecified atom stereocenters. The lowest BCUT2D eigenvalue weighted by molar-refractivity contribution is -0.131. The number of carbonyl (C=O) groups excluding carboxylic acids is 1. The van der Waals surface area contributed by atoms with Gasteiger partial charge < -0.3 is 14.0 Å². The largest absolute Gasteiger partial charge is 0.469 e. The van der Waals surface area contributed by atoms with Gasteiger partial charge in [0.1, 0.15) is 17.3 Å². The number of hydrogen-bond acceptors (Lipinski definition) is 5. The lowest BCUT2D eigenvalue weighted by atomic mass is 9.66. The normalized spacial score (nSPS) is 29.2. The van der Waals surface area contributed by atoms with Crippen molar-refractivity contribution in [2.24, 2.45) is 5.92 Å². The molecule has 5 nitrogen and oxygen atoms in total. The topological polar surface area (TPSA) is 76.5 Å². The molecular weight excluding hydrogens is 258 g/mol. The monoisotopic (exact) mass is 275 g/mol. The van der Waals surface area contributed by atoms with E-state index in [0.29, 0.717) is 23.6 Å². The lowest BCUT2D eigenvalue weighted by Crippen LogP contribution is -2.48. The summed E-state index contributed by atoms with van der Waals surface area (Å²) in [5.41, 5.74) is 0.401. The highest BCUT2D eigenvalue weighted by molar-refractivity contribution is 5.82. The predicted octanol–water partition coefficient (Wildman–Crippen LogP) is 2.22. The van der Waals surface area contributed by atoms with Crippen molar-refractivity contribution in [2.75, 3.05) is 0 Å². The number of aliphatic hydroxyl groups is 1. The highest BCUT2D eigenvalue weighted by atomic mass is 16.5. The van der Waals surface area contributed by atoms with Crippen LogP contribution in [0, 0.1) is 12.8 Å². The molecule has 2 heterocycles. The fourth-order valence-corrected chi connectivity index (χ4v) is 3.37. The van der Waals surface area contributed by atoms with E-state index in [2.05, 4.69) is 5.16 Å². The van der Waals surface area contributed by atoms with E-state index in [4.69, 9.17) is 8.94 Å². The molecule has 2 aromatic heterocycles. The van der Waals surface area contributed by atoms with E-state index in [9.17, 15) is 9.90 Å². The third-order valence-corrected chi connectivity index (χ3v) is 4.11. The molecule has 1 aliphatic carbocycles. The van der Waals surface area contributed by atoms with Crippen LogP contribution in [0.4, 0.5) is 0 Å². The Hall–Kier alpha value is -1.88. The van der Waals surface area contributed by atoms with Crippen molar-refractivity contribution in [3.05, 3.63) is 41.2 Å². The fraction of sp³-hybridized carbons (Fsp3) is 0.467. The Morgan fingerprint density at radius 2 is 2.30 bits per heavy atom. The maximum atomic E-state index is 12.1. The molecule has 0 fully saturated rings. The van der Waals surface area contributed by atoms with Gasteiger partial charge in [-0.1, -0.05) is 5.16 Å². The molecule has 0 aromatic carbocycles. The molecule has 2 aromatic rings. The Labute approximate surface area is 116 Å². The van der Waals surface area contributed by atoms with E-state index in [1.807, 2.05) is 13.0 Å². The van der Waals surface area contributed by atoms with Gasteiger partial charge >= 0.3 is 0 Å². The summed E-state index contributed by atoms with van der Waals surface area (Å²) in [5, 5.41) is 14.7. The first-order chi connectivity index (χ1) is 9.42. The minimum atomic E-state index is -1.17. The van der Waals surface area contributed by atoms with Crippen molar-refractivity contribution >= 4 is 5.78 Å². The van der Waals surface area contributed by atoms with Crippen molar-refractivity contribution in [2.45, 2.75) is 38.7 Å². The van der Waals surface area contributed by atoms with E-state index in [1.54, 1.807) is 19.3 Å². The van der Waals surface area contributed by atoms with Gasteiger partial charge in [-0.2, -0.15) is 0 Å². The van der Waals surface area contributed by atoms with Crippen molar-refractivity contribution in [3.63, 3.8) is 0 Å². The lowest BCUT2D eigenvalue weighted by Gasteiger charge is -2.39. The second kappa shape index (κ2) is 4.31. The van der Waals surface area contributed by atoms with Crippen LogP contribution < -0.4 is 0 Å². The molecule has 5 heteroatoms. The number of nitrogens with zero attached hydrogens (tertiary/aromatic N) is 1. The van der Waals surface area contributed by atoms with E-state index in [0.717, 1.165) is 5.56 Å². The Morgan fingerprint density at radius 1 is 1.55 bits per heavy atom. The number of Topliss-reactive ketones (excluding diaryl/α,β-unsaturated/α-hetero) is 1. The van der Waals surface area contributed by atoms with Gasteiger partial charge in [-0.25, -0.2) is 0 Å². The summed E-state index contributed by atoms with van der Waals surface area (Å²) in [4.78, 5) is 12.1. The highest BCUT2D eigenvalue weighted by Crippen LogP contribution is 2.47. The van der Waals surface area contributed by atoms with Gasteiger partial charge in [-0.05, 0) is 32.9 Å². The Balaban J connectivity index is 2.23. The average molecular weight is 275 g/mol. The van der Waals surface area contributed by atoms with E-state index in [1.165, 1.54) is 6.92 Å². The second-order valence-electron chi connectivity index (χ2n) is 5.71. The summed E-state index contributed by atoms with van der Waals surface area (Å²) < 4.78 is 10.7. The van der Waals surface area contributed by atoms with Crippen molar-refractivity contribution in [1.82, 2.24) is 5.16 Å².